The van der Waals surface area contributed by atoms with Crippen molar-refractivity contribution in [3.05, 3.63) is 35.0 Å². The molecule has 0 bridgehead atoms. The maximum Gasteiger partial charge on any atom is 0.335 e. The number of rotatable bonds is 2. The minimum atomic E-state index is -0.846. The van der Waals surface area contributed by atoms with Gasteiger partial charge in [0.05, 0.1) is 5.56 Å². The van der Waals surface area contributed by atoms with Crippen molar-refractivity contribution < 1.29 is 9.90 Å². The summed E-state index contributed by atoms with van der Waals surface area (Å²) in [6.45, 7) is 6.67. The fraction of sp³-hybridized carbons (Fsp3) is 0.471. The standard InChI is InChI=1S/C17H21NO2/c1-10(2)18-15-6-4-11(3)8-13(15)14-9-12(17(19)20)5-7-16(14)18/h5,7,9-11H,4,6,8H2,1-3H3,(H,19,20). The smallest absolute Gasteiger partial charge is 0.335 e. The minimum Gasteiger partial charge on any atom is -0.478 e. The van der Waals surface area contributed by atoms with E-state index in [4.69, 9.17) is 0 Å². The van der Waals surface area contributed by atoms with Gasteiger partial charge in [0.25, 0.3) is 0 Å². The number of carbonyl (C=O) groups is 1. The molecule has 1 atom stereocenters. The van der Waals surface area contributed by atoms with Crippen molar-refractivity contribution in [3.8, 4) is 0 Å². The molecule has 1 aromatic heterocycles. The third-order valence-electron chi connectivity index (χ3n) is 4.41. The molecule has 3 rings (SSSR count). The predicted octanol–water partition coefficient (Wildman–Crippen LogP) is 4.05. The lowest BCUT2D eigenvalue weighted by Gasteiger charge is -2.22. The average Bonchev–Trinajstić information content (AvgIpc) is 2.71. The SMILES string of the molecule is CC1CCc2c(c3cc(C(=O)O)ccc3n2C(C)C)C1. The van der Waals surface area contributed by atoms with E-state index in [1.807, 2.05) is 12.1 Å². The lowest BCUT2D eigenvalue weighted by atomic mass is 9.87. The predicted molar refractivity (Wildman–Crippen MR) is 80.5 cm³/mol. The minimum absolute atomic E-state index is 0.388. The highest BCUT2D eigenvalue weighted by Crippen LogP contribution is 2.36. The lowest BCUT2D eigenvalue weighted by Crippen LogP contribution is -2.14. The Morgan fingerprint density at radius 3 is 2.80 bits per heavy atom. The van der Waals surface area contributed by atoms with Crippen molar-refractivity contribution in [2.45, 2.75) is 46.1 Å². The third kappa shape index (κ3) is 1.92. The van der Waals surface area contributed by atoms with Crippen LogP contribution in [0, 0.1) is 5.92 Å². The molecule has 3 nitrogen and oxygen atoms in total. The number of nitrogens with zero attached hydrogens (tertiary/aromatic N) is 1. The Morgan fingerprint density at radius 2 is 2.15 bits per heavy atom. The zero-order chi connectivity index (χ0) is 14.4. The van der Waals surface area contributed by atoms with Crippen molar-refractivity contribution >= 4 is 16.9 Å². The summed E-state index contributed by atoms with van der Waals surface area (Å²) in [5, 5.41) is 10.3. The van der Waals surface area contributed by atoms with Gasteiger partial charge in [-0.2, -0.15) is 0 Å². The summed E-state index contributed by atoms with van der Waals surface area (Å²) in [5.74, 6) is -0.163. The third-order valence-corrected chi connectivity index (χ3v) is 4.41. The van der Waals surface area contributed by atoms with Gasteiger partial charge in [-0.15, -0.1) is 0 Å². The molecule has 0 saturated carbocycles. The number of carboxylic acids is 1. The summed E-state index contributed by atoms with van der Waals surface area (Å²) in [7, 11) is 0. The molecule has 106 valence electrons. The van der Waals surface area contributed by atoms with E-state index in [-0.39, 0.29) is 0 Å². The van der Waals surface area contributed by atoms with Crippen LogP contribution in [0.25, 0.3) is 10.9 Å². The van der Waals surface area contributed by atoms with E-state index in [1.165, 1.54) is 23.2 Å². The molecule has 1 aliphatic carbocycles. The molecule has 1 N–H and O–H groups in total. The highest BCUT2D eigenvalue weighted by molar-refractivity contribution is 5.95. The lowest BCUT2D eigenvalue weighted by molar-refractivity contribution is 0.0697. The van der Waals surface area contributed by atoms with Crippen LogP contribution in [0.1, 0.15) is 54.8 Å². The van der Waals surface area contributed by atoms with Gasteiger partial charge in [0.1, 0.15) is 0 Å². The van der Waals surface area contributed by atoms with Crippen LogP contribution in [0.4, 0.5) is 0 Å². The molecule has 0 saturated heterocycles. The summed E-state index contributed by atoms with van der Waals surface area (Å²) in [4.78, 5) is 11.2. The molecular formula is C17H21NO2. The van der Waals surface area contributed by atoms with Crippen LogP contribution in [0.2, 0.25) is 0 Å². The van der Waals surface area contributed by atoms with Gasteiger partial charge in [-0.1, -0.05) is 6.92 Å². The zero-order valence-corrected chi connectivity index (χ0v) is 12.3. The maximum atomic E-state index is 11.2. The Hall–Kier alpha value is -1.77. The highest BCUT2D eigenvalue weighted by Gasteiger charge is 2.24. The van der Waals surface area contributed by atoms with Crippen molar-refractivity contribution in [3.63, 3.8) is 0 Å². The fourth-order valence-electron chi connectivity index (χ4n) is 3.49. The van der Waals surface area contributed by atoms with Crippen LogP contribution in [-0.4, -0.2) is 15.6 Å². The van der Waals surface area contributed by atoms with E-state index < -0.39 is 5.97 Å². The van der Waals surface area contributed by atoms with Crippen molar-refractivity contribution in [1.29, 1.82) is 0 Å². The molecule has 1 unspecified atom stereocenters. The molecule has 1 aliphatic rings. The molecular weight excluding hydrogens is 250 g/mol. The van der Waals surface area contributed by atoms with Crippen LogP contribution in [0.3, 0.4) is 0 Å². The molecule has 20 heavy (non-hydrogen) atoms. The normalized spacial score (nSPS) is 18.5. The number of fused-ring (bicyclic) bond motifs is 3. The number of hydrogen-bond donors (Lipinski definition) is 1. The molecule has 1 aromatic carbocycles. The van der Waals surface area contributed by atoms with E-state index in [0.29, 0.717) is 17.5 Å². The summed E-state index contributed by atoms with van der Waals surface area (Å²) in [5.41, 5.74) is 4.36. The van der Waals surface area contributed by atoms with Gasteiger partial charge in [0.2, 0.25) is 0 Å². The van der Waals surface area contributed by atoms with Crippen molar-refractivity contribution in [1.82, 2.24) is 4.57 Å². The number of benzene rings is 1. The van der Waals surface area contributed by atoms with Gasteiger partial charge in [-0.3, -0.25) is 0 Å². The Kier molecular flexibility index (Phi) is 3.08. The molecule has 3 heteroatoms. The topological polar surface area (TPSA) is 42.2 Å². The Bertz CT molecular complexity index is 682. The van der Waals surface area contributed by atoms with E-state index in [1.54, 1.807) is 6.07 Å². The summed E-state index contributed by atoms with van der Waals surface area (Å²) in [6, 6.07) is 5.96. The first-order valence-corrected chi connectivity index (χ1v) is 7.38. The number of carboxylic acid groups (broad SMARTS) is 1. The molecule has 0 fully saturated rings. The van der Waals surface area contributed by atoms with E-state index in [9.17, 15) is 9.90 Å². The largest absolute Gasteiger partial charge is 0.478 e. The van der Waals surface area contributed by atoms with Crippen LogP contribution >= 0.6 is 0 Å². The van der Waals surface area contributed by atoms with Crippen LogP contribution < -0.4 is 0 Å². The second-order valence-corrected chi connectivity index (χ2v) is 6.27. The van der Waals surface area contributed by atoms with Gasteiger partial charge < -0.3 is 9.67 Å². The first-order chi connectivity index (χ1) is 9.49. The molecule has 0 amide bonds. The Balaban J connectivity index is 2.31. The average molecular weight is 271 g/mol. The Labute approximate surface area is 119 Å². The summed E-state index contributed by atoms with van der Waals surface area (Å²) in [6.07, 6.45) is 3.39. The van der Waals surface area contributed by atoms with Crippen molar-refractivity contribution in [2.75, 3.05) is 0 Å². The van der Waals surface area contributed by atoms with E-state index >= 15 is 0 Å². The van der Waals surface area contributed by atoms with Gasteiger partial charge in [-0.25, -0.2) is 4.79 Å². The second kappa shape index (κ2) is 4.65. The Morgan fingerprint density at radius 1 is 1.40 bits per heavy atom. The van der Waals surface area contributed by atoms with Crippen molar-refractivity contribution in [2.24, 2.45) is 5.92 Å². The molecule has 0 spiro atoms. The fourth-order valence-corrected chi connectivity index (χ4v) is 3.49. The van der Waals surface area contributed by atoms with Gasteiger partial charge in [0.15, 0.2) is 0 Å². The van der Waals surface area contributed by atoms with Gasteiger partial charge >= 0.3 is 5.97 Å². The molecule has 2 aromatic rings. The first-order valence-electron chi connectivity index (χ1n) is 7.38. The second-order valence-electron chi connectivity index (χ2n) is 6.27. The molecule has 0 radical (unpaired) electrons. The van der Waals surface area contributed by atoms with E-state index in [2.05, 4.69) is 25.3 Å². The summed E-state index contributed by atoms with van der Waals surface area (Å²) >= 11 is 0. The van der Waals surface area contributed by atoms with Gasteiger partial charge in [-0.05, 0) is 62.8 Å². The number of hydrogen-bond acceptors (Lipinski definition) is 1. The van der Waals surface area contributed by atoms with Gasteiger partial charge in [0, 0.05) is 22.6 Å². The monoisotopic (exact) mass is 271 g/mol. The van der Waals surface area contributed by atoms with Crippen LogP contribution in [0.5, 0.6) is 0 Å². The van der Waals surface area contributed by atoms with E-state index in [0.717, 1.165) is 18.2 Å². The maximum absolute atomic E-state index is 11.2. The number of aromatic nitrogens is 1. The quantitative estimate of drug-likeness (QED) is 0.895. The molecule has 0 aliphatic heterocycles. The van der Waals surface area contributed by atoms with Crippen LogP contribution in [-0.2, 0) is 12.8 Å². The highest BCUT2D eigenvalue weighted by atomic mass is 16.4. The zero-order valence-electron chi connectivity index (χ0n) is 12.3. The van der Waals surface area contributed by atoms with Crippen LogP contribution in [0.15, 0.2) is 18.2 Å². The summed E-state index contributed by atoms with van der Waals surface area (Å²) < 4.78 is 2.39. The molecule has 1 heterocycles. The number of aromatic carboxylic acids is 1. The first kappa shape index (κ1) is 13.2.